The Morgan fingerprint density at radius 3 is 1.81 bits per heavy atom. The van der Waals surface area contributed by atoms with Crippen molar-refractivity contribution in [2.24, 2.45) is 0 Å². The molecule has 0 saturated heterocycles. The second kappa shape index (κ2) is 8.09. The highest BCUT2D eigenvalue weighted by Gasteiger charge is 2.32. The Hall–Kier alpha value is -3.06. The number of carbonyl (C=O) groups is 2. The van der Waals surface area contributed by atoms with E-state index in [1.54, 1.807) is 4.57 Å². The number of nitrogens with zero attached hydrogens (tertiary/aromatic N) is 2. The van der Waals surface area contributed by atoms with Crippen molar-refractivity contribution < 1.29 is 19.1 Å². The fourth-order valence-corrected chi connectivity index (χ4v) is 3.27. The summed E-state index contributed by atoms with van der Waals surface area (Å²) in [5.74, 6) is -1.43. The molecular weight excluding hydrogens is 364 g/mol. The van der Waals surface area contributed by atoms with Gasteiger partial charge in [-0.1, -0.05) is 60.7 Å². The molecule has 6 nitrogen and oxygen atoms in total. The van der Waals surface area contributed by atoms with Crippen molar-refractivity contribution in [3.05, 3.63) is 83.2 Å². The molecule has 0 aliphatic rings. The van der Waals surface area contributed by atoms with Gasteiger partial charge in [-0.05, 0) is 11.1 Å². The van der Waals surface area contributed by atoms with Crippen LogP contribution in [0.2, 0.25) is 0 Å². The summed E-state index contributed by atoms with van der Waals surface area (Å²) in [4.78, 5) is 28.9. The van der Waals surface area contributed by atoms with Crippen LogP contribution in [0, 0.1) is 0 Å². The first-order chi connectivity index (χ1) is 13.1. The molecule has 0 N–H and O–H groups in total. The number of rotatable bonds is 5. The molecule has 138 valence electrons. The van der Waals surface area contributed by atoms with Gasteiger partial charge in [0.05, 0.1) is 20.3 Å². The van der Waals surface area contributed by atoms with Gasteiger partial charge in [-0.15, -0.1) is 12.6 Å². The summed E-state index contributed by atoms with van der Waals surface area (Å²) >= 11 is 4.43. The molecule has 7 heteroatoms. The Kier molecular flexibility index (Phi) is 5.61. The number of aromatic nitrogens is 2. The van der Waals surface area contributed by atoms with E-state index in [0.29, 0.717) is 0 Å². The number of hydrogen-bond donors (Lipinski definition) is 1. The number of thiol groups is 1. The van der Waals surface area contributed by atoms with Crippen LogP contribution in [0.1, 0.15) is 38.1 Å². The number of hydrogen-bond acceptors (Lipinski definition) is 6. The SMILES string of the molecule is COC(=O)c1nc(S)n(C(c2ccccc2)c2ccccc2)c1C(=O)OC. The van der Waals surface area contributed by atoms with Gasteiger partial charge in [0.15, 0.2) is 16.5 Å². The number of esters is 2. The molecule has 0 bridgehead atoms. The zero-order chi connectivity index (χ0) is 19.4. The van der Waals surface area contributed by atoms with E-state index in [9.17, 15) is 9.59 Å². The number of methoxy groups -OCH3 is 2. The minimum absolute atomic E-state index is 0.00736. The van der Waals surface area contributed by atoms with E-state index in [1.165, 1.54) is 14.2 Å². The maximum atomic E-state index is 12.5. The number of benzene rings is 2. The molecule has 1 aromatic heterocycles. The minimum atomic E-state index is -0.732. The predicted molar refractivity (Wildman–Crippen MR) is 102 cm³/mol. The van der Waals surface area contributed by atoms with Crippen LogP contribution in [0.4, 0.5) is 0 Å². The lowest BCUT2D eigenvalue weighted by atomic mass is 9.98. The first-order valence-electron chi connectivity index (χ1n) is 8.16. The normalized spacial score (nSPS) is 10.7. The third-order valence-electron chi connectivity index (χ3n) is 4.14. The third-order valence-corrected chi connectivity index (χ3v) is 4.45. The molecule has 0 spiro atoms. The number of imidazole rings is 1. The standard InChI is InChI=1S/C20H18N2O4S/c1-25-18(23)15-17(19(24)26-2)22(20(27)21-15)16(13-9-5-3-6-10-13)14-11-7-4-8-12-14/h3-12,16H,1-2H3,(H,21,27). The summed E-state index contributed by atoms with van der Waals surface area (Å²) in [5.41, 5.74) is 1.66. The number of ether oxygens (including phenoxy) is 2. The summed E-state index contributed by atoms with van der Waals surface area (Å²) in [6, 6.07) is 18.7. The van der Waals surface area contributed by atoms with E-state index >= 15 is 0 Å². The van der Waals surface area contributed by atoms with Crippen LogP contribution in [-0.4, -0.2) is 35.7 Å². The molecule has 0 amide bonds. The van der Waals surface area contributed by atoms with E-state index < -0.39 is 18.0 Å². The third kappa shape index (κ3) is 3.59. The van der Waals surface area contributed by atoms with Crippen molar-refractivity contribution in [3.8, 4) is 0 Å². The van der Waals surface area contributed by atoms with E-state index in [2.05, 4.69) is 17.6 Å². The van der Waals surface area contributed by atoms with Gasteiger partial charge in [0.1, 0.15) is 0 Å². The zero-order valence-corrected chi connectivity index (χ0v) is 15.7. The lowest BCUT2D eigenvalue weighted by Gasteiger charge is -2.23. The molecule has 3 rings (SSSR count). The van der Waals surface area contributed by atoms with E-state index in [4.69, 9.17) is 9.47 Å². The quantitative estimate of drug-likeness (QED) is 0.541. The van der Waals surface area contributed by atoms with Crippen LogP contribution in [-0.2, 0) is 9.47 Å². The zero-order valence-electron chi connectivity index (χ0n) is 14.8. The van der Waals surface area contributed by atoms with Crippen molar-refractivity contribution in [1.82, 2.24) is 9.55 Å². The molecule has 0 fully saturated rings. The molecule has 1 heterocycles. The van der Waals surface area contributed by atoms with Crippen molar-refractivity contribution in [1.29, 1.82) is 0 Å². The van der Waals surface area contributed by atoms with Gasteiger partial charge in [0.25, 0.3) is 0 Å². The Morgan fingerprint density at radius 1 is 0.889 bits per heavy atom. The molecule has 0 unspecified atom stereocenters. The van der Waals surface area contributed by atoms with Crippen LogP contribution in [0.15, 0.2) is 65.8 Å². The molecule has 27 heavy (non-hydrogen) atoms. The Bertz CT molecular complexity index is 915. The molecule has 3 aromatic rings. The monoisotopic (exact) mass is 382 g/mol. The van der Waals surface area contributed by atoms with Crippen LogP contribution in [0.25, 0.3) is 0 Å². The molecule has 2 aromatic carbocycles. The maximum Gasteiger partial charge on any atom is 0.359 e. The van der Waals surface area contributed by atoms with Crippen LogP contribution in [0.3, 0.4) is 0 Å². The maximum absolute atomic E-state index is 12.5. The van der Waals surface area contributed by atoms with Crippen LogP contribution in [0.5, 0.6) is 0 Å². The van der Waals surface area contributed by atoms with Gasteiger partial charge < -0.3 is 14.0 Å². The summed E-state index contributed by atoms with van der Waals surface area (Å²) in [6.07, 6.45) is 0. The van der Waals surface area contributed by atoms with Gasteiger partial charge in [-0.25, -0.2) is 14.6 Å². The van der Waals surface area contributed by atoms with Gasteiger partial charge in [-0.3, -0.25) is 0 Å². The largest absolute Gasteiger partial charge is 0.464 e. The highest BCUT2D eigenvalue weighted by molar-refractivity contribution is 7.80. The highest BCUT2D eigenvalue weighted by atomic mass is 32.1. The highest BCUT2D eigenvalue weighted by Crippen LogP contribution is 2.32. The van der Waals surface area contributed by atoms with Crippen molar-refractivity contribution in [2.75, 3.05) is 14.2 Å². The molecule has 0 aliphatic carbocycles. The topological polar surface area (TPSA) is 70.4 Å². The summed E-state index contributed by atoms with van der Waals surface area (Å²) in [7, 11) is 2.48. The Morgan fingerprint density at radius 2 is 1.37 bits per heavy atom. The lowest BCUT2D eigenvalue weighted by Crippen LogP contribution is -2.21. The fraction of sp³-hybridized carbons (Fsp3) is 0.150. The van der Waals surface area contributed by atoms with Crippen molar-refractivity contribution in [3.63, 3.8) is 0 Å². The Labute approximate surface area is 162 Å². The average molecular weight is 382 g/mol. The number of carbonyl (C=O) groups excluding carboxylic acids is 2. The smallest absolute Gasteiger partial charge is 0.359 e. The van der Waals surface area contributed by atoms with Crippen LogP contribution < -0.4 is 0 Å². The predicted octanol–water partition coefficient (Wildman–Crippen LogP) is 3.38. The summed E-state index contributed by atoms with van der Waals surface area (Å²) in [5, 5.41) is 0.202. The van der Waals surface area contributed by atoms with Crippen molar-refractivity contribution >= 4 is 24.6 Å². The molecular formula is C20H18N2O4S. The van der Waals surface area contributed by atoms with Crippen molar-refractivity contribution in [2.45, 2.75) is 11.2 Å². The van der Waals surface area contributed by atoms with E-state index in [1.807, 2.05) is 60.7 Å². The summed E-state index contributed by atoms with van der Waals surface area (Å²) < 4.78 is 11.3. The second-order valence-corrected chi connectivity index (χ2v) is 6.09. The van der Waals surface area contributed by atoms with Gasteiger partial charge in [-0.2, -0.15) is 0 Å². The molecule has 0 saturated carbocycles. The Balaban J connectivity index is 2.31. The summed E-state index contributed by atoms with van der Waals surface area (Å²) in [6.45, 7) is 0. The first kappa shape index (κ1) is 18.7. The average Bonchev–Trinajstić information content (AvgIpc) is 3.05. The molecule has 0 radical (unpaired) electrons. The van der Waals surface area contributed by atoms with Gasteiger partial charge >= 0.3 is 11.9 Å². The molecule has 0 aliphatic heterocycles. The molecule has 0 atom stereocenters. The minimum Gasteiger partial charge on any atom is -0.464 e. The fourth-order valence-electron chi connectivity index (χ4n) is 2.96. The van der Waals surface area contributed by atoms with Gasteiger partial charge in [0.2, 0.25) is 0 Å². The van der Waals surface area contributed by atoms with E-state index in [-0.39, 0.29) is 16.5 Å². The van der Waals surface area contributed by atoms with Gasteiger partial charge in [0, 0.05) is 0 Å². The van der Waals surface area contributed by atoms with E-state index in [0.717, 1.165) is 11.1 Å². The lowest BCUT2D eigenvalue weighted by molar-refractivity contribution is 0.0543. The second-order valence-electron chi connectivity index (χ2n) is 5.69. The van der Waals surface area contributed by atoms with Crippen LogP contribution >= 0.6 is 12.6 Å². The first-order valence-corrected chi connectivity index (χ1v) is 8.61.